The third-order valence-electron chi connectivity index (χ3n) is 4.07. The van der Waals surface area contributed by atoms with E-state index in [4.69, 9.17) is 4.74 Å². The summed E-state index contributed by atoms with van der Waals surface area (Å²) in [5.41, 5.74) is 1.85. The largest absolute Gasteiger partial charge is 0.488 e. The molecule has 0 radical (unpaired) electrons. The molecule has 0 bridgehead atoms. The highest BCUT2D eigenvalue weighted by molar-refractivity contribution is 7.18. The highest BCUT2D eigenvalue weighted by atomic mass is 32.1. The lowest BCUT2D eigenvalue weighted by atomic mass is 10.2. The van der Waals surface area contributed by atoms with E-state index >= 15 is 0 Å². The van der Waals surface area contributed by atoms with Gasteiger partial charge in [0.2, 0.25) is 0 Å². The summed E-state index contributed by atoms with van der Waals surface area (Å²) in [4.78, 5) is 10.9. The number of halogens is 1. The first-order chi connectivity index (χ1) is 11.5. The van der Waals surface area contributed by atoms with E-state index in [1.54, 1.807) is 23.7 Å². The first kappa shape index (κ1) is 16.6. The van der Waals surface area contributed by atoms with E-state index in [-0.39, 0.29) is 11.9 Å². The Balaban J connectivity index is 2.03. The first-order valence-electron chi connectivity index (χ1n) is 7.93. The van der Waals surface area contributed by atoms with Crippen molar-refractivity contribution in [2.45, 2.75) is 40.2 Å². The molecule has 0 aliphatic heterocycles. The Morgan fingerprint density at radius 1 is 1.29 bits per heavy atom. The van der Waals surface area contributed by atoms with Gasteiger partial charge in [-0.15, -0.1) is 11.3 Å². The van der Waals surface area contributed by atoms with E-state index in [0.29, 0.717) is 17.3 Å². The highest BCUT2D eigenvalue weighted by Crippen LogP contribution is 2.36. The van der Waals surface area contributed by atoms with Gasteiger partial charge in [-0.05, 0) is 44.9 Å². The van der Waals surface area contributed by atoms with E-state index in [1.807, 2.05) is 13.8 Å². The van der Waals surface area contributed by atoms with Crippen molar-refractivity contribution in [3.63, 3.8) is 0 Å². The number of hydrogen-bond acceptors (Lipinski definition) is 5. The lowest BCUT2D eigenvalue weighted by Gasteiger charge is -2.17. The number of rotatable bonds is 5. The molecule has 1 aromatic carbocycles. The minimum absolute atomic E-state index is 0.00268. The van der Waals surface area contributed by atoms with Crippen LogP contribution >= 0.6 is 11.3 Å². The number of fused-ring (bicyclic) bond motifs is 1. The Kier molecular flexibility index (Phi) is 4.66. The first-order valence-corrected chi connectivity index (χ1v) is 8.75. The molecule has 2 aromatic heterocycles. The second-order valence-corrected chi connectivity index (χ2v) is 6.99. The van der Waals surface area contributed by atoms with Crippen molar-refractivity contribution in [2.24, 2.45) is 0 Å². The van der Waals surface area contributed by atoms with Gasteiger partial charge < -0.3 is 10.1 Å². The topological polar surface area (TPSA) is 47.0 Å². The standard InChI is InChI=1S/C18H20FN3OS/c1-5-10(2)23-15-8-13(19)6-7-14(15)22-17-16-11(3)12(4)24-18(16)21-9-20-17/h6-10H,5H2,1-4H3,(H,20,21,22)/t10-/m1/s1. The Morgan fingerprint density at radius 3 is 2.83 bits per heavy atom. The molecule has 0 unspecified atom stereocenters. The smallest absolute Gasteiger partial charge is 0.146 e. The van der Waals surface area contributed by atoms with Crippen molar-refractivity contribution < 1.29 is 9.13 Å². The van der Waals surface area contributed by atoms with Crippen LogP contribution < -0.4 is 10.1 Å². The van der Waals surface area contributed by atoms with Gasteiger partial charge in [-0.1, -0.05) is 6.92 Å². The van der Waals surface area contributed by atoms with Crippen molar-refractivity contribution in [3.8, 4) is 5.75 Å². The van der Waals surface area contributed by atoms with Gasteiger partial charge in [0.15, 0.2) is 0 Å². The summed E-state index contributed by atoms with van der Waals surface area (Å²) >= 11 is 1.64. The van der Waals surface area contributed by atoms with E-state index in [9.17, 15) is 4.39 Å². The van der Waals surface area contributed by atoms with Crippen LogP contribution in [0, 0.1) is 19.7 Å². The van der Waals surface area contributed by atoms with Gasteiger partial charge in [0.25, 0.3) is 0 Å². The predicted molar refractivity (Wildman–Crippen MR) is 97.0 cm³/mol. The quantitative estimate of drug-likeness (QED) is 0.675. The van der Waals surface area contributed by atoms with Gasteiger partial charge in [-0.3, -0.25) is 0 Å². The third kappa shape index (κ3) is 3.19. The molecule has 3 aromatic rings. The molecule has 0 saturated carbocycles. The fourth-order valence-electron chi connectivity index (χ4n) is 2.40. The molecule has 2 heterocycles. The zero-order chi connectivity index (χ0) is 17.3. The third-order valence-corrected chi connectivity index (χ3v) is 5.18. The number of benzene rings is 1. The highest BCUT2D eigenvalue weighted by Gasteiger charge is 2.15. The maximum Gasteiger partial charge on any atom is 0.146 e. The van der Waals surface area contributed by atoms with Crippen molar-refractivity contribution in [2.75, 3.05) is 5.32 Å². The lowest BCUT2D eigenvalue weighted by molar-refractivity contribution is 0.218. The molecule has 0 amide bonds. The van der Waals surface area contributed by atoms with Gasteiger partial charge in [-0.2, -0.15) is 0 Å². The predicted octanol–water partition coefficient (Wildman–Crippen LogP) is 5.37. The Bertz CT molecular complexity index is 878. The summed E-state index contributed by atoms with van der Waals surface area (Å²) in [7, 11) is 0. The number of aryl methyl sites for hydroxylation is 2. The van der Waals surface area contributed by atoms with Crippen LogP contribution in [0.3, 0.4) is 0 Å². The Hall–Kier alpha value is -2.21. The van der Waals surface area contributed by atoms with Crippen molar-refractivity contribution in [1.82, 2.24) is 9.97 Å². The van der Waals surface area contributed by atoms with Gasteiger partial charge in [0.05, 0.1) is 17.2 Å². The molecular formula is C18H20FN3OS. The Labute approximate surface area is 144 Å². The van der Waals surface area contributed by atoms with E-state index in [2.05, 4.69) is 29.1 Å². The molecule has 24 heavy (non-hydrogen) atoms. The van der Waals surface area contributed by atoms with Crippen LogP contribution in [0.4, 0.5) is 15.9 Å². The van der Waals surface area contributed by atoms with Crippen LogP contribution in [0.2, 0.25) is 0 Å². The minimum Gasteiger partial charge on any atom is -0.488 e. The summed E-state index contributed by atoms with van der Waals surface area (Å²) in [6.07, 6.45) is 2.39. The second kappa shape index (κ2) is 6.73. The van der Waals surface area contributed by atoms with Gasteiger partial charge in [0.1, 0.15) is 28.5 Å². The van der Waals surface area contributed by atoms with Crippen LogP contribution in [0.25, 0.3) is 10.2 Å². The molecule has 0 saturated heterocycles. The van der Waals surface area contributed by atoms with Crippen LogP contribution in [0.5, 0.6) is 5.75 Å². The van der Waals surface area contributed by atoms with Gasteiger partial charge in [-0.25, -0.2) is 14.4 Å². The molecule has 4 nitrogen and oxygen atoms in total. The number of nitrogens with one attached hydrogen (secondary N) is 1. The molecule has 0 fully saturated rings. The molecule has 0 aliphatic rings. The van der Waals surface area contributed by atoms with Crippen LogP contribution in [-0.2, 0) is 0 Å². The second-order valence-electron chi connectivity index (χ2n) is 5.79. The maximum absolute atomic E-state index is 13.6. The van der Waals surface area contributed by atoms with Gasteiger partial charge in [0, 0.05) is 10.9 Å². The monoisotopic (exact) mass is 345 g/mol. The summed E-state index contributed by atoms with van der Waals surface area (Å²) in [5.74, 6) is 0.873. The fraction of sp³-hybridized carbons (Fsp3) is 0.333. The molecule has 0 spiro atoms. The molecule has 6 heteroatoms. The molecule has 1 atom stereocenters. The number of ether oxygens (including phenoxy) is 1. The number of nitrogens with zero attached hydrogens (tertiary/aromatic N) is 2. The van der Waals surface area contributed by atoms with E-state index in [0.717, 1.165) is 22.2 Å². The average Bonchev–Trinajstić information content (AvgIpc) is 2.85. The zero-order valence-electron chi connectivity index (χ0n) is 14.2. The molecule has 1 N–H and O–H groups in total. The number of hydrogen-bond donors (Lipinski definition) is 1. The Morgan fingerprint density at radius 2 is 2.08 bits per heavy atom. The van der Waals surface area contributed by atoms with Crippen molar-refractivity contribution in [1.29, 1.82) is 0 Å². The lowest BCUT2D eigenvalue weighted by Crippen LogP contribution is -2.11. The fourth-order valence-corrected chi connectivity index (χ4v) is 3.40. The maximum atomic E-state index is 13.6. The van der Waals surface area contributed by atoms with E-state index in [1.165, 1.54) is 17.0 Å². The normalized spacial score (nSPS) is 12.4. The molecule has 3 rings (SSSR count). The number of aromatic nitrogens is 2. The van der Waals surface area contributed by atoms with Crippen molar-refractivity contribution >= 4 is 33.1 Å². The van der Waals surface area contributed by atoms with Crippen LogP contribution in [-0.4, -0.2) is 16.1 Å². The van der Waals surface area contributed by atoms with Crippen LogP contribution in [0.15, 0.2) is 24.5 Å². The SMILES string of the molecule is CC[C@@H](C)Oc1cc(F)ccc1Nc1ncnc2sc(C)c(C)c12. The zero-order valence-corrected chi connectivity index (χ0v) is 15.0. The molecule has 126 valence electrons. The summed E-state index contributed by atoms with van der Waals surface area (Å²) in [6.45, 7) is 8.12. The summed E-state index contributed by atoms with van der Waals surface area (Å²) in [6, 6.07) is 4.49. The molecule has 0 aliphatic carbocycles. The van der Waals surface area contributed by atoms with E-state index < -0.39 is 0 Å². The molecular weight excluding hydrogens is 325 g/mol. The van der Waals surface area contributed by atoms with Gasteiger partial charge >= 0.3 is 0 Å². The number of anilines is 2. The van der Waals surface area contributed by atoms with Crippen LogP contribution in [0.1, 0.15) is 30.7 Å². The summed E-state index contributed by atoms with van der Waals surface area (Å²) < 4.78 is 19.5. The average molecular weight is 345 g/mol. The number of thiophene rings is 1. The minimum atomic E-state index is -0.325. The summed E-state index contributed by atoms with van der Waals surface area (Å²) in [5, 5.41) is 4.29. The van der Waals surface area contributed by atoms with Crippen molar-refractivity contribution in [3.05, 3.63) is 40.8 Å².